The summed E-state index contributed by atoms with van der Waals surface area (Å²) in [4.78, 5) is 14.0. The number of nitrogens with zero attached hydrogens (tertiary/aromatic N) is 1. The highest BCUT2D eigenvalue weighted by Crippen LogP contribution is 2.22. The fourth-order valence-electron chi connectivity index (χ4n) is 1.84. The van der Waals surface area contributed by atoms with E-state index in [0.717, 1.165) is 6.26 Å². The van der Waals surface area contributed by atoms with Gasteiger partial charge in [0.1, 0.15) is 0 Å². The van der Waals surface area contributed by atoms with Crippen LogP contribution in [0.3, 0.4) is 0 Å². The third-order valence-electron chi connectivity index (χ3n) is 2.90. The molecule has 0 N–H and O–H groups in total. The van der Waals surface area contributed by atoms with E-state index < -0.39 is 9.84 Å². The number of halogens is 1. The summed E-state index contributed by atoms with van der Waals surface area (Å²) in [5.74, 6) is -0.201. The molecule has 0 saturated carbocycles. The molecule has 1 aliphatic rings. The van der Waals surface area contributed by atoms with Crippen LogP contribution in [0.5, 0.6) is 0 Å². The van der Waals surface area contributed by atoms with Gasteiger partial charge in [0.25, 0.3) is 5.91 Å². The van der Waals surface area contributed by atoms with Gasteiger partial charge < -0.3 is 9.64 Å². The molecule has 0 bridgehead atoms. The monoisotopic (exact) mass is 303 g/mol. The van der Waals surface area contributed by atoms with Gasteiger partial charge in [0.2, 0.25) is 0 Å². The average Bonchev–Trinajstić information content (AvgIpc) is 2.38. The van der Waals surface area contributed by atoms with Crippen LogP contribution in [0.25, 0.3) is 0 Å². The van der Waals surface area contributed by atoms with Gasteiger partial charge in [0, 0.05) is 19.3 Å². The number of carbonyl (C=O) groups excluding carboxylic acids is 1. The van der Waals surface area contributed by atoms with E-state index in [0.29, 0.717) is 31.9 Å². The van der Waals surface area contributed by atoms with Crippen LogP contribution in [0.1, 0.15) is 10.4 Å². The number of rotatable bonds is 2. The van der Waals surface area contributed by atoms with Crippen molar-refractivity contribution in [3.63, 3.8) is 0 Å². The highest BCUT2D eigenvalue weighted by Gasteiger charge is 2.21. The van der Waals surface area contributed by atoms with Crippen LogP contribution in [0.4, 0.5) is 0 Å². The fraction of sp³-hybridized carbons (Fsp3) is 0.417. The highest BCUT2D eigenvalue weighted by atomic mass is 35.5. The van der Waals surface area contributed by atoms with Gasteiger partial charge >= 0.3 is 0 Å². The number of hydrogen-bond acceptors (Lipinski definition) is 4. The number of ether oxygens (including phenoxy) is 1. The Labute approximate surface area is 117 Å². The second kappa shape index (κ2) is 5.48. The molecular weight excluding hydrogens is 290 g/mol. The van der Waals surface area contributed by atoms with Crippen molar-refractivity contribution in [1.82, 2.24) is 4.90 Å². The Morgan fingerprint density at radius 1 is 1.32 bits per heavy atom. The molecule has 1 heterocycles. The van der Waals surface area contributed by atoms with E-state index in [1.165, 1.54) is 18.2 Å². The van der Waals surface area contributed by atoms with Gasteiger partial charge in [-0.1, -0.05) is 11.6 Å². The summed E-state index contributed by atoms with van der Waals surface area (Å²) < 4.78 is 28.0. The molecule has 0 atom stereocenters. The van der Waals surface area contributed by atoms with E-state index in [9.17, 15) is 13.2 Å². The minimum Gasteiger partial charge on any atom is -0.378 e. The van der Waals surface area contributed by atoms with Crippen LogP contribution in [0.15, 0.2) is 23.1 Å². The number of benzene rings is 1. The summed E-state index contributed by atoms with van der Waals surface area (Å²) in [6.45, 7) is 2.04. The van der Waals surface area contributed by atoms with E-state index >= 15 is 0 Å². The number of amides is 1. The van der Waals surface area contributed by atoms with Gasteiger partial charge in [-0.2, -0.15) is 0 Å². The third kappa shape index (κ3) is 3.26. The predicted molar refractivity (Wildman–Crippen MR) is 71.3 cm³/mol. The molecule has 104 valence electrons. The minimum atomic E-state index is -3.32. The van der Waals surface area contributed by atoms with Gasteiger partial charge in [-0.25, -0.2) is 8.42 Å². The largest absolute Gasteiger partial charge is 0.378 e. The Morgan fingerprint density at radius 3 is 2.47 bits per heavy atom. The van der Waals surface area contributed by atoms with Crippen LogP contribution >= 0.6 is 11.6 Å². The first-order valence-electron chi connectivity index (χ1n) is 5.76. The molecule has 1 amide bonds. The predicted octanol–water partition coefficient (Wildman–Crippen LogP) is 1.22. The molecule has 19 heavy (non-hydrogen) atoms. The number of hydrogen-bond donors (Lipinski definition) is 0. The lowest BCUT2D eigenvalue weighted by molar-refractivity contribution is 0.0303. The Kier molecular flexibility index (Phi) is 4.13. The van der Waals surface area contributed by atoms with Crippen molar-refractivity contribution in [2.24, 2.45) is 0 Å². The molecule has 5 nitrogen and oxygen atoms in total. The first kappa shape index (κ1) is 14.3. The Morgan fingerprint density at radius 2 is 1.95 bits per heavy atom. The quantitative estimate of drug-likeness (QED) is 0.824. The topological polar surface area (TPSA) is 63.7 Å². The van der Waals surface area contributed by atoms with Crippen molar-refractivity contribution in [1.29, 1.82) is 0 Å². The standard InChI is InChI=1S/C12H14ClNO4S/c1-19(16,17)9-2-3-10(11(13)8-9)12(15)14-4-6-18-7-5-14/h2-3,8H,4-7H2,1H3. The zero-order valence-electron chi connectivity index (χ0n) is 10.4. The molecule has 0 spiro atoms. The normalized spacial score (nSPS) is 16.4. The lowest BCUT2D eigenvalue weighted by atomic mass is 10.2. The van der Waals surface area contributed by atoms with E-state index in [1.807, 2.05) is 0 Å². The van der Waals surface area contributed by atoms with E-state index in [2.05, 4.69) is 0 Å². The van der Waals surface area contributed by atoms with Gasteiger partial charge in [-0.05, 0) is 18.2 Å². The lowest BCUT2D eigenvalue weighted by Crippen LogP contribution is -2.40. The molecule has 1 aliphatic heterocycles. The molecule has 1 aromatic carbocycles. The van der Waals surface area contributed by atoms with Crippen molar-refractivity contribution >= 4 is 27.3 Å². The SMILES string of the molecule is CS(=O)(=O)c1ccc(C(=O)N2CCOCC2)c(Cl)c1. The summed E-state index contributed by atoms with van der Waals surface area (Å²) >= 11 is 6.01. The van der Waals surface area contributed by atoms with Crippen molar-refractivity contribution in [3.8, 4) is 0 Å². The first-order valence-corrected chi connectivity index (χ1v) is 8.03. The van der Waals surface area contributed by atoms with Gasteiger partial charge in [0.15, 0.2) is 9.84 Å². The molecule has 2 rings (SSSR count). The molecule has 1 saturated heterocycles. The minimum absolute atomic E-state index is 0.107. The van der Waals surface area contributed by atoms with Crippen molar-refractivity contribution < 1.29 is 17.9 Å². The van der Waals surface area contributed by atoms with E-state index in [-0.39, 0.29) is 15.8 Å². The maximum Gasteiger partial charge on any atom is 0.255 e. The van der Waals surface area contributed by atoms with Gasteiger partial charge in [-0.3, -0.25) is 4.79 Å². The molecule has 0 aliphatic carbocycles. The first-order chi connectivity index (χ1) is 8.89. The van der Waals surface area contributed by atoms with Crippen molar-refractivity contribution in [2.75, 3.05) is 32.6 Å². The summed E-state index contributed by atoms with van der Waals surface area (Å²) in [5.41, 5.74) is 0.316. The van der Waals surface area contributed by atoms with E-state index in [4.69, 9.17) is 16.3 Å². The second-order valence-corrected chi connectivity index (χ2v) is 6.74. The highest BCUT2D eigenvalue weighted by molar-refractivity contribution is 7.90. The van der Waals surface area contributed by atoms with Gasteiger partial charge in [0.05, 0.1) is 28.7 Å². The van der Waals surface area contributed by atoms with Crippen molar-refractivity contribution in [2.45, 2.75) is 4.90 Å². The molecule has 1 fully saturated rings. The van der Waals surface area contributed by atoms with Crippen LogP contribution in [-0.4, -0.2) is 51.8 Å². The molecule has 7 heteroatoms. The zero-order chi connectivity index (χ0) is 14.0. The smallest absolute Gasteiger partial charge is 0.255 e. The molecule has 0 radical (unpaired) electrons. The average molecular weight is 304 g/mol. The van der Waals surface area contributed by atoms with Crippen molar-refractivity contribution in [3.05, 3.63) is 28.8 Å². The second-order valence-electron chi connectivity index (χ2n) is 4.32. The fourth-order valence-corrected chi connectivity index (χ4v) is 2.81. The number of sulfone groups is 1. The maximum atomic E-state index is 12.2. The summed E-state index contributed by atoms with van der Waals surface area (Å²) in [6.07, 6.45) is 1.10. The van der Waals surface area contributed by atoms with Crippen LogP contribution < -0.4 is 0 Å². The van der Waals surface area contributed by atoms with Crippen LogP contribution in [-0.2, 0) is 14.6 Å². The summed E-state index contributed by atoms with van der Waals surface area (Å²) in [7, 11) is -3.32. The third-order valence-corrected chi connectivity index (χ3v) is 4.32. The van der Waals surface area contributed by atoms with Crippen LogP contribution in [0, 0.1) is 0 Å². The molecule has 1 aromatic rings. The Balaban J connectivity index is 2.28. The lowest BCUT2D eigenvalue weighted by Gasteiger charge is -2.27. The van der Waals surface area contributed by atoms with Gasteiger partial charge in [-0.15, -0.1) is 0 Å². The Bertz CT molecular complexity index is 594. The zero-order valence-corrected chi connectivity index (χ0v) is 12.0. The summed E-state index contributed by atoms with van der Waals surface area (Å²) in [5, 5.41) is 0.152. The molecule has 0 aromatic heterocycles. The molecular formula is C12H14ClNO4S. The number of carbonyl (C=O) groups is 1. The summed E-state index contributed by atoms with van der Waals surface area (Å²) in [6, 6.07) is 4.16. The maximum absolute atomic E-state index is 12.2. The molecule has 0 unspecified atom stereocenters. The Hall–Kier alpha value is -1.11. The number of morpholine rings is 1. The van der Waals surface area contributed by atoms with E-state index in [1.54, 1.807) is 4.90 Å². The van der Waals surface area contributed by atoms with Crippen LogP contribution in [0.2, 0.25) is 5.02 Å².